The van der Waals surface area contributed by atoms with Crippen molar-refractivity contribution >= 4 is 5.91 Å². The molecule has 8 N–H and O–H groups in total. The van der Waals surface area contributed by atoms with Gasteiger partial charge in [-0.15, -0.1) is 0 Å². The summed E-state index contributed by atoms with van der Waals surface area (Å²) in [5.41, 5.74) is 5.56. The molecule has 8 heteroatoms. The lowest BCUT2D eigenvalue weighted by atomic mass is 9.43. The van der Waals surface area contributed by atoms with E-state index in [1.54, 1.807) is 0 Å². The van der Waals surface area contributed by atoms with E-state index in [0.717, 1.165) is 97.1 Å². The number of nitrogens with one attached hydrogen (secondary N) is 4. The Labute approximate surface area is 269 Å². The largest absolute Gasteiger partial charge is 0.393 e. The summed E-state index contributed by atoms with van der Waals surface area (Å²) in [6, 6.07) is 0.705. The molecule has 1 amide bonds. The van der Waals surface area contributed by atoms with E-state index in [2.05, 4.69) is 42.0 Å². The van der Waals surface area contributed by atoms with Gasteiger partial charge in [-0.05, 0) is 170 Å². The highest BCUT2D eigenvalue weighted by Crippen LogP contribution is 2.68. The zero-order valence-corrected chi connectivity index (χ0v) is 28.9. The number of rotatable bonds is 17. The normalized spacial score (nSPS) is 39.0. The average molecular weight is 620 g/mol. The molecular formula is C36H69N5O3. The summed E-state index contributed by atoms with van der Waals surface area (Å²) < 4.78 is 0. The Bertz CT molecular complexity index is 890. The summed E-state index contributed by atoms with van der Waals surface area (Å²) in [6.07, 6.45) is 11.6. The first-order valence-electron chi connectivity index (χ1n) is 18.5. The summed E-state index contributed by atoms with van der Waals surface area (Å²) in [4.78, 5) is 12.4. The molecule has 0 aliphatic heterocycles. The first kappa shape index (κ1) is 36.1. The molecule has 0 saturated heterocycles. The lowest BCUT2D eigenvalue weighted by molar-refractivity contribution is -0.202. The molecule has 44 heavy (non-hydrogen) atoms. The monoisotopic (exact) mass is 620 g/mol. The van der Waals surface area contributed by atoms with Crippen LogP contribution in [0, 0.1) is 46.3 Å². The second-order valence-electron chi connectivity index (χ2n) is 16.1. The Morgan fingerprint density at radius 1 is 0.886 bits per heavy atom. The van der Waals surface area contributed by atoms with Gasteiger partial charge in [-0.25, -0.2) is 0 Å². The molecular weight excluding hydrogens is 550 g/mol. The highest BCUT2D eigenvalue weighted by molar-refractivity contribution is 5.76. The average Bonchev–Trinajstić information content (AvgIpc) is 3.34. The van der Waals surface area contributed by atoms with Crippen LogP contribution in [0.5, 0.6) is 0 Å². The van der Waals surface area contributed by atoms with Crippen LogP contribution in [0.3, 0.4) is 0 Å². The molecule has 0 radical (unpaired) electrons. The Balaban J connectivity index is 1.26. The molecule has 0 heterocycles. The number of hydrogen-bond donors (Lipinski definition) is 7. The van der Waals surface area contributed by atoms with Crippen molar-refractivity contribution in [2.24, 2.45) is 52.1 Å². The Kier molecular flexibility index (Phi) is 13.4. The zero-order chi connectivity index (χ0) is 31.9. The summed E-state index contributed by atoms with van der Waals surface area (Å²) in [5.74, 6) is 2.49. The maximum atomic E-state index is 12.4. The molecule has 0 aromatic heterocycles. The second-order valence-corrected chi connectivity index (χ2v) is 16.1. The number of hydrogen-bond acceptors (Lipinski definition) is 7. The van der Waals surface area contributed by atoms with Crippen molar-refractivity contribution in [1.82, 2.24) is 21.3 Å². The molecule has 0 spiro atoms. The Morgan fingerprint density at radius 3 is 2.25 bits per heavy atom. The van der Waals surface area contributed by atoms with Crippen molar-refractivity contribution < 1.29 is 15.0 Å². The van der Waals surface area contributed by atoms with Crippen LogP contribution in [0.1, 0.15) is 112 Å². The first-order valence-corrected chi connectivity index (χ1v) is 18.5. The van der Waals surface area contributed by atoms with Crippen molar-refractivity contribution in [3.63, 3.8) is 0 Å². The van der Waals surface area contributed by atoms with Crippen molar-refractivity contribution in [2.45, 2.75) is 136 Å². The predicted molar refractivity (Wildman–Crippen MR) is 180 cm³/mol. The van der Waals surface area contributed by atoms with Crippen LogP contribution in [0.25, 0.3) is 0 Å². The van der Waals surface area contributed by atoms with Gasteiger partial charge in [0.1, 0.15) is 0 Å². The van der Waals surface area contributed by atoms with E-state index in [-0.39, 0.29) is 40.9 Å². The third-order valence-corrected chi connectivity index (χ3v) is 13.1. The van der Waals surface area contributed by atoms with Crippen LogP contribution < -0.4 is 27.0 Å². The molecule has 4 aliphatic rings. The van der Waals surface area contributed by atoms with Crippen molar-refractivity contribution in [3.05, 3.63) is 0 Å². The number of amides is 1. The van der Waals surface area contributed by atoms with E-state index in [1.165, 1.54) is 12.8 Å². The molecule has 0 aromatic carbocycles. The van der Waals surface area contributed by atoms with Crippen LogP contribution in [0.4, 0.5) is 0 Å². The third kappa shape index (κ3) is 8.20. The van der Waals surface area contributed by atoms with Crippen molar-refractivity contribution in [1.29, 1.82) is 0 Å². The molecule has 4 unspecified atom stereocenters. The topological polar surface area (TPSA) is 132 Å². The van der Waals surface area contributed by atoms with Crippen LogP contribution >= 0.6 is 0 Å². The van der Waals surface area contributed by atoms with Gasteiger partial charge < -0.3 is 37.2 Å². The van der Waals surface area contributed by atoms with E-state index >= 15 is 0 Å². The van der Waals surface area contributed by atoms with Crippen molar-refractivity contribution in [2.75, 3.05) is 39.3 Å². The SMILES string of the molecule is CC(C)NC(=O)CC[C@@H](C)[C@H]1CCC2C3C(C[C@H](O)[C@@]21C)[C@@]1(C)CC[C@H](NCCCNCCCNCCCN)CC1C[C@H]3O. The summed E-state index contributed by atoms with van der Waals surface area (Å²) in [7, 11) is 0. The highest BCUT2D eigenvalue weighted by Gasteiger charge is 2.65. The fourth-order valence-corrected chi connectivity index (χ4v) is 10.6. The number of aliphatic hydroxyl groups is 2. The van der Waals surface area contributed by atoms with E-state index in [9.17, 15) is 15.0 Å². The lowest BCUT2D eigenvalue weighted by Crippen LogP contribution is -2.62. The number of aliphatic hydroxyl groups excluding tert-OH is 2. The molecule has 256 valence electrons. The molecule has 4 fully saturated rings. The summed E-state index contributed by atoms with van der Waals surface area (Å²) in [5, 5.41) is 37.6. The number of carbonyl (C=O) groups excluding carboxylic acids is 1. The fourth-order valence-electron chi connectivity index (χ4n) is 10.6. The van der Waals surface area contributed by atoms with Crippen LogP contribution in [0.15, 0.2) is 0 Å². The standard InChI is InChI=1S/C36H69N5O3/c1-24(2)41-33(44)12-9-25(3)28-10-11-29-34-30(23-32(43)36(28,29)5)35(4)14-13-27(21-26(35)22-31(34)42)40-20-8-19-39-18-7-17-38-16-6-15-37/h24-32,34,38-40,42-43H,6-23,37H2,1-5H3,(H,41,44)/t25-,26?,27+,28-,29?,30?,31-,32+,34?,35+,36-/m1/s1. The molecule has 8 nitrogen and oxygen atoms in total. The Morgan fingerprint density at radius 2 is 1.57 bits per heavy atom. The van der Waals surface area contributed by atoms with Gasteiger partial charge in [0.15, 0.2) is 0 Å². The van der Waals surface area contributed by atoms with Crippen LogP contribution in [-0.2, 0) is 4.79 Å². The van der Waals surface area contributed by atoms with Gasteiger partial charge in [0.2, 0.25) is 5.91 Å². The van der Waals surface area contributed by atoms with E-state index in [0.29, 0.717) is 42.1 Å². The predicted octanol–water partition coefficient (Wildman–Crippen LogP) is 3.79. The molecule has 4 aliphatic carbocycles. The maximum absolute atomic E-state index is 12.4. The molecule has 4 rings (SSSR count). The number of fused-ring (bicyclic) bond motifs is 5. The summed E-state index contributed by atoms with van der Waals surface area (Å²) >= 11 is 0. The zero-order valence-electron chi connectivity index (χ0n) is 28.9. The van der Waals surface area contributed by atoms with E-state index in [4.69, 9.17) is 5.73 Å². The van der Waals surface area contributed by atoms with Crippen molar-refractivity contribution in [3.8, 4) is 0 Å². The molecule has 0 bridgehead atoms. The minimum atomic E-state index is -0.332. The van der Waals surface area contributed by atoms with Gasteiger partial charge in [-0.1, -0.05) is 20.8 Å². The van der Waals surface area contributed by atoms with Gasteiger partial charge in [0.05, 0.1) is 12.2 Å². The van der Waals surface area contributed by atoms with Gasteiger partial charge >= 0.3 is 0 Å². The van der Waals surface area contributed by atoms with Gasteiger partial charge in [0.25, 0.3) is 0 Å². The van der Waals surface area contributed by atoms with E-state index in [1.807, 2.05) is 13.8 Å². The number of carbonyl (C=O) groups is 1. The van der Waals surface area contributed by atoms with E-state index < -0.39 is 0 Å². The van der Waals surface area contributed by atoms with Gasteiger partial charge in [0, 0.05) is 18.5 Å². The van der Waals surface area contributed by atoms with Gasteiger partial charge in [-0.2, -0.15) is 0 Å². The second kappa shape index (κ2) is 16.4. The smallest absolute Gasteiger partial charge is 0.220 e. The highest BCUT2D eigenvalue weighted by atomic mass is 16.3. The maximum Gasteiger partial charge on any atom is 0.220 e. The van der Waals surface area contributed by atoms with Gasteiger partial charge in [-0.3, -0.25) is 4.79 Å². The molecule has 0 aromatic rings. The van der Waals surface area contributed by atoms with Crippen LogP contribution in [0.2, 0.25) is 0 Å². The molecule has 4 saturated carbocycles. The van der Waals surface area contributed by atoms with Crippen LogP contribution in [-0.4, -0.2) is 79.7 Å². The minimum absolute atomic E-state index is 0.136. The minimum Gasteiger partial charge on any atom is -0.393 e. The lowest BCUT2D eigenvalue weighted by Gasteiger charge is -2.63. The Hall–Kier alpha value is -0.770. The quantitative estimate of drug-likeness (QED) is 0.123. The summed E-state index contributed by atoms with van der Waals surface area (Å²) in [6.45, 7) is 17.1. The fraction of sp³-hybridized carbons (Fsp3) is 0.972. The number of nitrogens with two attached hydrogens (primary N) is 1. The molecule has 11 atom stereocenters. The third-order valence-electron chi connectivity index (χ3n) is 13.1. The first-order chi connectivity index (χ1) is 21.0.